The molecule has 0 radical (unpaired) electrons. The third kappa shape index (κ3) is 3.90. The summed E-state index contributed by atoms with van der Waals surface area (Å²) in [6.45, 7) is 4.03. The summed E-state index contributed by atoms with van der Waals surface area (Å²) in [4.78, 5) is 0. The molecule has 0 fully saturated rings. The third-order valence-electron chi connectivity index (χ3n) is 3.24. The molecule has 0 unspecified atom stereocenters. The van der Waals surface area contributed by atoms with Crippen molar-refractivity contribution in [1.29, 1.82) is 0 Å². The van der Waals surface area contributed by atoms with Gasteiger partial charge in [-0.25, -0.2) is 0 Å². The molecule has 0 aliphatic heterocycles. The minimum atomic E-state index is -0.582. The molecule has 0 spiro atoms. The number of hydrogen-bond donors (Lipinski definition) is 1. The molecule has 0 aromatic heterocycles. The summed E-state index contributed by atoms with van der Waals surface area (Å²) < 4.78 is 11.1. The van der Waals surface area contributed by atoms with Crippen molar-refractivity contribution in [2.24, 2.45) is 0 Å². The second-order valence-corrected chi connectivity index (χ2v) is 5.40. The van der Waals surface area contributed by atoms with E-state index in [2.05, 4.69) is 0 Å². The number of aryl methyl sites for hydroxylation is 1. The number of hydrogen-bond acceptors (Lipinski definition) is 3. The Morgan fingerprint density at radius 1 is 1.14 bits per heavy atom. The fraction of sp³-hybridized carbons (Fsp3) is 0.294. The summed E-state index contributed by atoms with van der Waals surface area (Å²) >= 11 is 6.01. The lowest BCUT2D eigenvalue weighted by Crippen LogP contribution is -2.03. The highest BCUT2D eigenvalue weighted by Gasteiger charge is 2.11. The second-order valence-electron chi connectivity index (χ2n) is 4.96. The Bertz CT molecular complexity index is 623. The quantitative estimate of drug-likeness (QED) is 0.895. The van der Waals surface area contributed by atoms with Gasteiger partial charge in [-0.05, 0) is 44.2 Å². The van der Waals surface area contributed by atoms with Gasteiger partial charge in [0.1, 0.15) is 18.1 Å². The van der Waals surface area contributed by atoms with Crippen molar-refractivity contribution in [3.63, 3.8) is 0 Å². The van der Waals surface area contributed by atoms with Gasteiger partial charge >= 0.3 is 0 Å². The number of rotatable bonds is 5. The zero-order valence-electron chi connectivity index (χ0n) is 12.4. The van der Waals surface area contributed by atoms with Crippen LogP contribution in [0.2, 0.25) is 5.02 Å². The monoisotopic (exact) mass is 306 g/mol. The molecule has 21 heavy (non-hydrogen) atoms. The third-order valence-corrected chi connectivity index (χ3v) is 3.48. The van der Waals surface area contributed by atoms with Gasteiger partial charge in [0.25, 0.3) is 0 Å². The van der Waals surface area contributed by atoms with Gasteiger partial charge in [0.05, 0.1) is 13.2 Å². The topological polar surface area (TPSA) is 38.7 Å². The van der Waals surface area contributed by atoms with E-state index in [-0.39, 0.29) is 0 Å². The van der Waals surface area contributed by atoms with Gasteiger partial charge in [0.2, 0.25) is 0 Å². The van der Waals surface area contributed by atoms with E-state index >= 15 is 0 Å². The maximum absolute atomic E-state index is 9.85. The summed E-state index contributed by atoms with van der Waals surface area (Å²) in [5, 5.41) is 10.5. The van der Waals surface area contributed by atoms with Crippen LogP contribution in [-0.2, 0) is 6.61 Å². The second kappa shape index (κ2) is 6.83. The molecule has 3 nitrogen and oxygen atoms in total. The molecule has 0 aliphatic carbocycles. The Morgan fingerprint density at radius 2 is 1.86 bits per heavy atom. The molecule has 0 amide bonds. The maximum Gasteiger partial charge on any atom is 0.125 e. The zero-order valence-corrected chi connectivity index (χ0v) is 13.1. The molecular weight excluding hydrogens is 288 g/mol. The van der Waals surface area contributed by atoms with Gasteiger partial charge in [0, 0.05) is 16.1 Å². The average molecular weight is 307 g/mol. The largest absolute Gasteiger partial charge is 0.496 e. The van der Waals surface area contributed by atoms with Gasteiger partial charge in [-0.15, -0.1) is 0 Å². The number of halogens is 1. The lowest BCUT2D eigenvalue weighted by Gasteiger charge is -2.15. The highest BCUT2D eigenvalue weighted by molar-refractivity contribution is 6.30. The first kappa shape index (κ1) is 15.7. The minimum absolute atomic E-state index is 0.326. The fourth-order valence-corrected chi connectivity index (χ4v) is 2.34. The van der Waals surface area contributed by atoms with E-state index in [1.807, 2.05) is 37.3 Å². The van der Waals surface area contributed by atoms with Gasteiger partial charge in [-0.1, -0.05) is 23.2 Å². The van der Waals surface area contributed by atoms with Crippen LogP contribution in [0.5, 0.6) is 11.5 Å². The van der Waals surface area contributed by atoms with Crippen LogP contribution in [0.3, 0.4) is 0 Å². The molecule has 2 aromatic rings. The van der Waals surface area contributed by atoms with Crippen molar-refractivity contribution in [2.75, 3.05) is 7.11 Å². The van der Waals surface area contributed by atoms with Gasteiger partial charge in [0.15, 0.2) is 0 Å². The van der Waals surface area contributed by atoms with Crippen LogP contribution in [-0.4, -0.2) is 12.2 Å². The molecule has 0 bridgehead atoms. The maximum atomic E-state index is 9.85. The van der Waals surface area contributed by atoms with E-state index in [0.29, 0.717) is 17.4 Å². The highest BCUT2D eigenvalue weighted by atomic mass is 35.5. The zero-order chi connectivity index (χ0) is 15.4. The number of aliphatic hydroxyl groups excluding tert-OH is 1. The van der Waals surface area contributed by atoms with Gasteiger partial charge in [-0.2, -0.15) is 0 Å². The summed E-state index contributed by atoms with van der Waals surface area (Å²) in [6, 6.07) is 11.2. The van der Waals surface area contributed by atoms with Crippen LogP contribution in [0.25, 0.3) is 0 Å². The number of aliphatic hydroxyl groups is 1. The predicted octanol–water partition coefficient (Wildman–Crippen LogP) is 4.29. The molecule has 0 saturated heterocycles. The molecule has 0 aliphatic rings. The van der Waals surface area contributed by atoms with E-state index in [0.717, 1.165) is 22.4 Å². The first-order valence-electron chi connectivity index (χ1n) is 6.75. The highest BCUT2D eigenvalue weighted by Crippen LogP contribution is 2.29. The Labute approximate surface area is 130 Å². The molecule has 2 aromatic carbocycles. The normalized spacial score (nSPS) is 12.0. The SMILES string of the molecule is COc1ccc(Cl)cc1COc1ccc(C)cc1[C@@H](C)O. The van der Waals surface area contributed by atoms with Crippen molar-refractivity contribution in [2.45, 2.75) is 26.6 Å². The molecule has 1 atom stereocenters. The Hall–Kier alpha value is -1.71. The van der Waals surface area contributed by atoms with Crippen molar-refractivity contribution in [3.05, 3.63) is 58.1 Å². The van der Waals surface area contributed by atoms with Crippen LogP contribution < -0.4 is 9.47 Å². The van der Waals surface area contributed by atoms with Crippen molar-refractivity contribution < 1.29 is 14.6 Å². The van der Waals surface area contributed by atoms with E-state index in [1.54, 1.807) is 20.1 Å². The van der Waals surface area contributed by atoms with E-state index in [4.69, 9.17) is 21.1 Å². The summed E-state index contributed by atoms with van der Waals surface area (Å²) in [7, 11) is 1.61. The lowest BCUT2D eigenvalue weighted by atomic mass is 10.1. The van der Waals surface area contributed by atoms with Crippen molar-refractivity contribution >= 4 is 11.6 Å². The fourth-order valence-electron chi connectivity index (χ4n) is 2.14. The van der Waals surface area contributed by atoms with Crippen LogP contribution in [0.15, 0.2) is 36.4 Å². The first-order chi connectivity index (χ1) is 10.0. The molecule has 0 saturated carbocycles. The van der Waals surface area contributed by atoms with Crippen LogP contribution >= 0.6 is 11.6 Å². The Morgan fingerprint density at radius 3 is 2.52 bits per heavy atom. The molecule has 4 heteroatoms. The van der Waals surface area contributed by atoms with E-state index < -0.39 is 6.10 Å². The standard InChI is InChI=1S/C17H19ClO3/c1-11-4-6-17(15(8-11)12(2)19)21-10-13-9-14(18)5-7-16(13)20-3/h4-9,12,19H,10H2,1-3H3/t12-/m1/s1. The van der Waals surface area contributed by atoms with Gasteiger partial charge in [-0.3, -0.25) is 0 Å². The molecule has 0 heterocycles. The molecule has 2 rings (SSSR count). The Kier molecular flexibility index (Phi) is 5.10. The van der Waals surface area contributed by atoms with Crippen molar-refractivity contribution in [1.82, 2.24) is 0 Å². The van der Waals surface area contributed by atoms with Crippen LogP contribution in [0.4, 0.5) is 0 Å². The van der Waals surface area contributed by atoms with Crippen LogP contribution in [0.1, 0.15) is 29.7 Å². The lowest BCUT2D eigenvalue weighted by molar-refractivity contribution is 0.189. The van der Waals surface area contributed by atoms with E-state index in [1.165, 1.54) is 0 Å². The van der Waals surface area contributed by atoms with Crippen molar-refractivity contribution in [3.8, 4) is 11.5 Å². The summed E-state index contributed by atoms with van der Waals surface area (Å²) in [5.74, 6) is 1.39. The van der Waals surface area contributed by atoms with E-state index in [9.17, 15) is 5.11 Å². The summed E-state index contributed by atoms with van der Waals surface area (Å²) in [6.07, 6.45) is -0.582. The Balaban J connectivity index is 2.22. The molecule has 112 valence electrons. The molecular formula is C17H19ClO3. The number of methoxy groups -OCH3 is 1. The summed E-state index contributed by atoms with van der Waals surface area (Å²) in [5.41, 5.74) is 2.72. The van der Waals surface area contributed by atoms with Crippen LogP contribution in [0, 0.1) is 6.92 Å². The predicted molar refractivity (Wildman–Crippen MR) is 84.1 cm³/mol. The smallest absolute Gasteiger partial charge is 0.125 e. The van der Waals surface area contributed by atoms with Gasteiger partial charge < -0.3 is 14.6 Å². The number of benzene rings is 2. The first-order valence-corrected chi connectivity index (χ1v) is 7.13. The minimum Gasteiger partial charge on any atom is -0.496 e. The average Bonchev–Trinajstić information content (AvgIpc) is 2.46. The molecule has 1 N–H and O–H groups in total. The number of ether oxygens (including phenoxy) is 2.